The first-order chi connectivity index (χ1) is 9.65. The van der Waals surface area contributed by atoms with Crippen LogP contribution in [-0.2, 0) is 12.8 Å². The van der Waals surface area contributed by atoms with E-state index in [2.05, 4.69) is 17.3 Å². The number of rotatable bonds is 5. The van der Waals surface area contributed by atoms with Crippen LogP contribution in [0.2, 0.25) is 5.02 Å². The molecule has 106 valence electrons. The van der Waals surface area contributed by atoms with Gasteiger partial charge >= 0.3 is 0 Å². The van der Waals surface area contributed by atoms with Gasteiger partial charge in [-0.05, 0) is 47.7 Å². The zero-order valence-corrected chi connectivity index (χ0v) is 12.0. The molecule has 0 fully saturated rings. The largest absolute Gasteiger partial charge is 0.271 e. The number of nitrogens with zero attached hydrogens (tertiary/aromatic N) is 1. The standard InChI is InChI=1S/C15H17ClFN3/c1-2-11-9-19-6-5-12(11)15(20-18)8-10-3-4-13(16)14(17)7-10/h3-7,9,15,20H,2,8,18H2,1H3. The topological polar surface area (TPSA) is 50.9 Å². The van der Waals surface area contributed by atoms with Gasteiger partial charge in [-0.1, -0.05) is 24.6 Å². The number of aryl methyl sites for hydroxylation is 1. The van der Waals surface area contributed by atoms with Gasteiger partial charge < -0.3 is 0 Å². The SMILES string of the molecule is CCc1cnccc1C(Cc1ccc(Cl)c(F)c1)NN. The van der Waals surface area contributed by atoms with Gasteiger partial charge in [-0.25, -0.2) is 4.39 Å². The lowest BCUT2D eigenvalue weighted by Gasteiger charge is -2.19. The minimum Gasteiger partial charge on any atom is -0.271 e. The van der Waals surface area contributed by atoms with Crippen molar-refractivity contribution in [2.24, 2.45) is 5.84 Å². The molecule has 1 atom stereocenters. The Balaban J connectivity index is 2.26. The molecule has 0 saturated heterocycles. The van der Waals surface area contributed by atoms with Crippen LogP contribution < -0.4 is 11.3 Å². The van der Waals surface area contributed by atoms with Crippen molar-refractivity contribution in [1.82, 2.24) is 10.4 Å². The van der Waals surface area contributed by atoms with Gasteiger partial charge in [0.25, 0.3) is 0 Å². The van der Waals surface area contributed by atoms with Crippen LogP contribution in [0.3, 0.4) is 0 Å². The number of hydrogen-bond donors (Lipinski definition) is 2. The van der Waals surface area contributed by atoms with E-state index in [1.54, 1.807) is 12.3 Å². The number of pyridine rings is 1. The Morgan fingerprint density at radius 1 is 1.40 bits per heavy atom. The van der Waals surface area contributed by atoms with E-state index in [-0.39, 0.29) is 11.1 Å². The molecule has 1 heterocycles. The highest BCUT2D eigenvalue weighted by Gasteiger charge is 2.14. The summed E-state index contributed by atoms with van der Waals surface area (Å²) < 4.78 is 13.5. The fourth-order valence-electron chi connectivity index (χ4n) is 2.23. The summed E-state index contributed by atoms with van der Waals surface area (Å²) in [5.41, 5.74) is 5.85. The molecule has 20 heavy (non-hydrogen) atoms. The summed E-state index contributed by atoms with van der Waals surface area (Å²) in [5, 5.41) is 0.129. The average molecular weight is 294 g/mol. The molecule has 0 bridgehead atoms. The number of hydrogen-bond acceptors (Lipinski definition) is 3. The van der Waals surface area contributed by atoms with Crippen molar-refractivity contribution >= 4 is 11.6 Å². The zero-order valence-electron chi connectivity index (χ0n) is 11.2. The first-order valence-corrected chi connectivity index (χ1v) is 6.86. The normalized spacial score (nSPS) is 12.4. The van der Waals surface area contributed by atoms with E-state index < -0.39 is 5.82 Å². The molecule has 0 spiro atoms. The van der Waals surface area contributed by atoms with Gasteiger partial charge in [0.05, 0.1) is 11.1 Å². The maximum absolute atomic E-state index is 13.5. The Bertz CT molecular complexity index is 589. The molecular weight excluding hydrogens is 277 g/mol. The van der Waals surface area contributed by atoms with Crippen LogP contribution >= 0.6 is 11.6 Å². The molecule has 0 radical (unpaired) electrons. The van der Waals surface area contributed by atoms with E-state index in [0.29, 0.717) is 6.42 Å². The summed E-state index contributed by atoms with van der Waals surface area (Å²) in [6.07, 6.45) is 5.03. The molecule has 2 rings (SSSR count). The predicted octanol–water partition coefficient (Wildman–Crippen LogP) is 3.18. The van der Waals surface area contributed by atoms with Crippen molar-refractivity contribution < 1.29 is 4.39 Å². The van der Waals surface area contributed by atoms with Gasteiger partial charge in [-0.3, -0.25) is 16.3 Å². The molecule has 0 saturated carbocycles. The first kappa shape index (κ1) is 14.9. The van der Waals surface area contributed by atoms with Crippen molar-refractivity contribution in [2.45, 2.75) is 25.8 Å². The number of aromatic nitrogens is 1. The van der Waals surface area contributed by atoms with Crippen LogP contribution in [0, 0.1) is 5.82 Å². The van der Waals surface area contributed by atoms with Gasteiger partial charge in [0.2, 0.25) is 0 Å². The van der Waals surface area contributed by atoms with Crippen LogP contribution in [0.4, 0.5) is 4.39 Å². The van der Waals surface area contributed by atoms with Crippen LogP contribution in [0.1, 0.15) is 29.7 Å². The number of nitrogens with two attached hydrogens (primary N) is 1. The maximum Gasteiger partial charge on any atom is 0.142 e. The molecule has 1 aromatic heterocycles. The summed E-state index contributed by atoms with van der Waals surface area (Å²) in [6.45, 7) is 2.07. The molecule has 0 amide bonds. The second-order valence-corrected chi connectivity index (χ2v) is 5.01. The fraction of sp³-hybridized carbons (Fsp3) is 0.267. The summed E-state index contributed by atoms with van der Waals surface area (Å²) in [6, 6.07) is 6.67. The fourth-order valence-corrected chi connectivity index (χ4v) is 2.35. The molecule has 5 heteroatoms. The molecule has 0 aliphatic rings. The Hall–Kier alpha value is -1.49. The second kappa shape index (κ2) is 6.79. The van der Waals surface area contributed by atoms with E-state index >= 15 is 0 Å². The summed E-state index contributed by atoms with van der Waals surface area (Å²) >= 11 is 5.69. The highest BCUT2D eigenvalue weighted by atomic mass is 35.5. The molecule has 0 aliphatic heterocycles. The molecule has 0 aliphatic carbocycles. The first-order valence-electron chi connectivity index (χ1n) is 6.48. The maximum atomic E-state index is 13.5. The van der Waals surface area contributed by atoms with Crippen LogP contribution in [0.5, 0.6) is 0 Å². The summed E-state index contributed by atoms with van der Waals surface area (Å²) in [5.74, 6) is 5.24. The van der Waals surface area contributed by atoms with Gasteiger partial charge in [-0.2, -0.15) is 0 Å². The zero-order chi connectivity index (χ0) is 14.5. The monoisotopic (exact) mass is 293 g/mol. The Labute approximate surface area is 122 Å². The average Bonchev–Trinajstić information content (AvgIpc) is 2.48. The van der Waals surface area contributed by atoms with Gasteiger partial charge in [-0.15, -0.1) is 0 Å². The Kier molecular flexibility index (Phi) is 5.06. The lowest BCUT2D eigenvalue weighted by molar-refractivity contribution is 0.544. The van der Waals surface area contributed by atoms with Gasteiger partial charge in [0.15, 0.2) is 0 Å². The Morgan fingerprint density at radius 2 is 2.20 bits per heavy atom. The summed E-state index contributed by atoms with van der Waals surface area (Å²) in [4.78, 5) is 4.12. The van der Waals surface area contributed by atoms with Crippen molar-refractivity contribution in [3.63, 3.8) is 0 Å². The molecule has 3 nitrogen and oxygen atoms in total. The van der Waals surface area contributed by atoms with Crippen LogP contribution in [-0.4, -0.2) is 4.98 Å². The number of hydrazine groups is 1. The highest BCUT2D eigenvalue weighted by Crippen LogP contribution is 2.23. The quantitative estimate of drug-likeness (QED) is 0.657. The van der Waals surface area contributed by atoms with Gasteiger partial charge in [0, 0.05) is 12.4 Å². The smallest absolute Gasteiger partial charge is 0.142 e. The van der Waals surface area contributed by atoms with Crippen molar-refractivity contribution in [1.29, 1.82) is 0 Å². The molecule has 1 aromatic carbocycles. The minimum atomic E-state index is -0.412. The third-order valence-electron chi connectivity index (χ3n) is 3.32. The summed E-state index contributed by atoms with van der Waals surface area (Å²) in [7, 11) is 0. The van der Waals surface area contributed by atoms with Crippen molar-refractivity contribution in [3.8, 4) is 0 Å². The van der Waals surface area contributed by atoms with E-state index in [1.165, 1.54) is 6.07 Å². The predicted molar refractivity (Wildman–Crippen MR) is 78.8 cm³/mol. The molecular formula is C15H17ClFN3. The molecule has 2 aromatic rings. The highest BCUT2D eigenvalue weighted by molar-refractivity contribution is 6.30. The number of benzene rings is 1. The van der Waals surface area contributed by atoms with E-state index in [1.807, 2.05) is 18.3 Å². The second-order valence-electron chi connectivity index (χ2n) is 4.60. The molecule has 1 unspecified atom stereocenters. The van der Waals surface area contributed by atoms with E-state index in [4.69, 9.17) is 17.4 Å². The number of nitrogens with one attached hydrogen (secondary N) is 1. The van der Waals surface area contributed by atoms with E-state index in [0.717, 1.165) is 23.1 Å². The van der Waals surface area contributed by atoms with Crippen molar-refractivity contribution in [3.05, 3.63) is 64.2 Å². The van der Waals surface area contributed by atoms with Crippen LogP contribution in [0.25, 0.3) is 0 Å². The molecule has 3 N–H and O–H groups in total. The lowest BCUT2D eigenvalue weighted by Crippen LogP contribution is -2.30. The minimum absolute atomic E-state index is 0.0893. The van der Waals surface area contributed by atoms with Crippen molar-refractivity contribution in [2.75, 3.05) is 0 Å². The number of halogens is 2. The Morgan fingerprint density at radius 3 is 2.85 bits per heavy atom. The third kappa shape index (κ3) is 3.33. The lowest BCUT2D eigenvalue weighted by atomic mass is 9.95. The van der Waals surface area contributed by atoms with Gasteiger partial charge in [0.1, 0.15) is 5.82 Å². The van der Waals surface area contributed by atoms with Crippen LogP contribution in [0.15, 0.2) is 36.7 Å². The third-order valence-corrected chi connectivity index (χ3v) is 3.63. The van der Waals surface area contributed by atoms with E-state index in [9.17, 15) is 4.39 Å².